The summed E-state index contributed by atoms with van der Waals surface area (Å²) in [6.07, 6.45) is 1.59. The molecule has 3 aromatic rings. The number of carbonyl (C=O) groups is 1. The third-order valence-corrected chi connectivity index (χ3v) is 6.74. The SMILES string of the molecule is CCN(c1ccccc1)S(=O)(=O)c1cc(C(=O)Nc2nccs2)ccc1C. The average Bonchev–Trinajstić information content (AvgIpc) is 3.16. The number of nitrogens with one attached hydrogen (secondary N) is 1. The minimum absolute atomic E-state index is 0.111. The number of para-hydroxylation sites is 1. The number of hydrogen-bond donors (Lipinski definition) is 1. The molecule has 1 heterocycles. The molecule has 0 aliphatic heterocycles. The largest absolute Gasteiger partial charge is 0.298 e. The van der Waals surface area contributed by atoms with Crippen molar-refractivity contribution in [3.05, 3.63) is 71.2 Å². The molecule has 0 saturated heterocycles. The molecule has 2 aromatic carbocycles. The Hall–Kier alpha value is -2.71. The fourth-order valence-corrected chi connectivity index (χ4v) is 4.93. The zero-order chi connectivity index (χ0) is 19.4. The second-order valence-corrected chi connectivity index (χ2v) is 8.50. The van der Waals surface area contributed by atoms with Gasteiger partial charge in [-0.1, -0.05) is 24.3 Å². The van der Waals surface area contributed by atoms with Gasteiger partial charge in [-0.15, -0.1) is 11.3 Å². The second kappa shape index (κ2) is 7.89. The van der Waals surface area contributed by atoms with E-state index in [0.717, 1.165) is 0 Å². The Morgan fingerprint density at radius 2 is 1.93 bits per heavy atom. The van der Waals surface area contributed by atoms with Gasteiger partial charge in [-0.3, -0.25) is 14.4 Å². The van der Waals surface area contributed by atoms with Crippen LogP contribution in [0.4, 0.5) is 10.8 Å². The van der Waals surface area contributed by atoms with Crippen LogP contribution in [0, 0.1) is 6.92 Å². The van der Waals surface area contributed by atoms with Gasteiger partial charge < -0.3 is 0 Å². The Morgan fingerprint density at radius 1 is 1.19 bits per heavy atom. The summed E-state index contributed by atoms with van der Waals surface area (Å²) in [7, 11) is -3.81. The summed E-state index contributed by atoms with van der Waals surface area (Å²) < 4.78 is 27.9. The van der Waals surface area contributed by atoms with Gasteiger partial charge in [0.05, 0.1) is 10.6 Å². The lowest BCUT2D eigenvalue weighted by atomic mass is 10.1. The lowest BCUT2D eigenvalue weighted by Gasteiger charge is -2.24. The molecule has 140 valence electrons. The first-order valence-corrected chi connectivity index (χ1v) is 10.6. The number of aryl methyl sites for hydroxylation is 1. The van der Waals surface area contributed by atoms with Crippen LogP contribution in [0.2, 0.25) is 0 Å². The Kier molecular flexibility index (Phi) is 5.57. The van der Waals surface area contributed by atoms with Crippen molar-refractivity contribution in [1.29, 1.82) is 0 Å². The molecule has 0 saturated carbocycles. The molecule has 3 rings (SSSR count). The van der Waals surface area contributed by atoms with Crippen LogP contribution in [-0.2, 0) is 10.0 Å². The number of carbonyl (C=O) groups excluding carboxylic acids is 1. The average molecular weight is 402 g/mol. The zero-order valence-corrected chi connectivity index (χ0v) is 16.5. The van der Waals surface area contributed by atoms with Crippen molar-refractivity contribution >= 4 is 38.1 Å². The van der Waals surface area contributed by atoms with Crippen molar-refractivity contribution in [2.45, 2.75) is 18.7 Å². The van der Waals surface area contributed by atoms with Crippen LogP contribution >= 0.6 is 11.3 Å². The maximum absolute atomic E-state index is 13.3. The zero-order valence-electron chi connectivity index (χ0n) is 14.9. The number of hydrogen-bond acceptors (Lipinski definition) is 5. The highest BCUT2D eigenvalue weighted by atomic mass is 32.2. The second-order valence-electron chi connectivity index (χ2n) is 5.78. The van der Waals surface area contributed by atoms with Gasteiger partial charge >= 0.3 is 0 Å². The molecular formula is C19H19N3O3S2. The van der Waals surface area contributed by atoms with Gasteiger partial charge in [0.25, 0.3) is 15.9 Å². The number of benzene rings is 2. The number of aromatic nitrogens is 1. The molecule has 0 aliphatic rings. The third kappa shape index (κ3) is 4.01. The predicted molar refractivity (Wildman–Crippen MR) is 108 cm³/mol. The van der Waals surface area contributed by atoms with Crippen LogP contribution < -0.4 is 9.62 Å². The van der Waals surface area contributed by atoms with E-state index in [4.69, 9.17) is 0 Å². The lowest BCUT2D eigenvalue weighted by Crippen LogP contribution is -2.31. The molecule has 0 aliphatic carbocycles. The standard InChI is InChI=1S/C19H19N3O3S2/c1-3-22(16-7-5-4-6-8-16)27(24,25)17-13-15(10-9-14(17)2)18(23)21-19-20-11-12-26-19/h4-13H,3H2,1-2H3,(H,20,21,23). The molecule has 6 nitrogen and oxygen atoms in total. The van der Waals surface area contributed by atoms with E-state index in [2.05, 4.69) is 10.3 Å². The fraction of sp³-hybridized carbons (Fsp3) is 0.158. The number of rotatable bonds is 6. The first-order valence-electron chi connectivity index (χ1n) is 8.32. The predicted octanol–water partition coefficient (Wildman–Crippen LogP) is 3.92. The Balaban J connectivity index is 1.98. The van der Waals surface area contributed by atoms with E-state index < -0.39 is 15.9 Å². The molecule has 0 radical (unpaired) electrons. The van der Waals surface area contributed by atoms with Gasteiger partial charge in [-0.05, 0) is 43.7 Å². The molecular weight excluding hydrogens is 382 g/mol. The molecule has 0 fully saturated rings. The van der Waals surface area contributed by atoms with Crippen LogP contribution in [0.5, 0.6) is 0 Å². The van der Waals surface area contributed by atoms with Gasteiger partial charge in [0.2, 0.25) is 0 Å². The number of anilines is 2. The number of amides is 1. The van der Waals surface area contributed by atoms with Crippen molar-refractivity contribution in [2.75, 3.05) is 16.2 Å². The maximum atomic E-state index is 13.3. The van der Waals surface area contributed by atoms with Gasteiger partial charge in [-0.25, -0.2) is 13.4 Å². The summed E-state index contributed by atoms with van der Waals surface area (Å²) in [5.74, 6) is -0.399. The molecule has 0 atom stereocenters. The van der Waals surface area contributed by atoms with Gasteiger partial charge in [0.1, 0.15) is 0 Å². The van der Waals surface area contributed by atoms with E-state index in [-0.39, 0.29) is 17.0 Å². The van der Waals surface area contributed by atoms with Crippen molar-refractivity contribution in [2.24, 2.45) is 0 Å². The van der Waals surface area contributed by atoms with Crippen LogP contribution in [0.15, 0.2) is 65.0 Å². The van der Waals surface area contributed by atoms with Crippen LogP contribution in [0.3, 0.4) is 0 Å². The summed E-state index contributed by atoms with van der Waals surface area (Å²) in [5.41, 5.74) is 1.42. The molecule has 1 amide bonds. The summed E-state index contributed by atoms with van der Waals surface area (Å²) in [6.45, 7) is 3.77. The van der Waals surface area contributed by atoms with Gasteiger partial charge in [0, 0.05) is 23.7 Å². The Morgan fingerprint density at radius 3 is 2.56 bits per heavy atom. The van der Waals surface area contributed by atoms with Crippen LogP contribution in [0.1, 0.15) is 22.8 Å². The van der Waals surface area contributed by atoms with Crippen LogP contribution in [0.25, 0.3) is 0 Å². The number of thiazole rings is 1. The smallest absolute Gasteiger partial charge is 0.264 e. The first kappa shape index (κ1) is 19.1. The van der Waals surface area contributed by atoms with Gasteiger partial charge in [-0.2, -0.15) is 0 Å². The van der Waals surface area contributed by atoms with Crippen molar-refractivity contribution in [3.63, 3.8) is 0 Å². The highest BCUT2D eigenvalue weighted by molar-refractivity contribution is 7.92. The van der Waals surface area contributed by atoms with E-state index in [0.29, 0.717) is 16.4 Å². The summed E-state index contributed by atoms with van der Waals surface area (Å²) in [4.78, 5) is 16.6. The minimum atomic E-state index is -3.81. The highest BCUT2D eigenvalue weighted by Crippen LogP contribution is 2.26. The highest BCUT2D eigenvalue weighted by Gasteiger charge is 2.26. The maximum Gasteiger partial charge on any atom is 0.264 e. The first-order chi connectivity index (χ1) is 12.9. The number of sulfonamides is 1. The van der Waals surface area contributed by atoms with E-state index in [1.54, 1.807) is 61.8 Å². The fourth-order valence-electron chi connectivity index (χ4n) is 2.68. The molecule has 1 N–H and O–H groups in total. The summed E-state index contributed by atoms with van der Waals surface area (Å²) in [6, 6.07) is 13.6. The van der Waals surface area contributed by atoms with Crippen molar-refractivity contribution < 1.29 is 13.2 Å². The topological polar surface area (TPSA) is 79.4 Å². The van der Waals surface area contributed by atoms with Gasteiger partial charge in [0.15, 0.2) is 5.13 Å². The molecule has 0 bridgehead atoms. The molecule has 0 unspecified atom stereocenters. The van der Waals surface area contributed by atoms with Crippen molar-refractivity contribution in [1.82, 2.24) is 4.98 Å². The monoisotopic (exact) mass is 401 g/mol. The van der Waals surface area contributed by atoms with E-state index >= 15 is 0 Å². The minimum Gasteiger partial charge on any atom is -0.298 e. The number of nitrogens with zero attached hydrogens (tertiary/aromatic N) is 2. The molecule has 1 aromatic heterocycles. The normalized spacial score (nSPS) is 11.2. The lowest BCUT2D eigenvalue weighted by molar-refractivity contribution is 0.102. The van der Waals surface area contributed by atoms with E-state index in [1.807, 2.05) is 6.07 Å². The molecule has 0 spiro atoms. The van der Waals surface area contributed by atoms with E-state index in [9.17, 15) is 13.2 Å². The van der Waals surface area contributed by atoms with Crippen LogP contribution in [-0.4, -0.2) is 25.9 Å². The Labute approximate surface area is 162 Å². The Bertz CT molecular complexity index is 1030. The van der Waals surface area contributed by atoms with Crippen molar-refractivity contribution in [3.8, 4) is 0 Å². The quantitative estimate of drug-likeness (QED) is 0.679. The summed E-state index contributed by atoms with van der Waals surface area (Å²) >= 11 is 1.30. The third-order valence-electron chi connectivity index (χ3n) is 4.00. The van der Waals surface area contributed by atoms with E-state index in [1.165, 1.54) is 21.7 Å². The summed E-state index contributed by atoms with van der Waals surface area (Å²) in [5, 5.41) is 4.88. The molecule has 27 heavy (non-hydrogen) atoms. The molecule has 8 heteroatoms.